The molecule has 2 aromatic rings. The third kappa shape index (κ3) is 4.97. The largest absolute Gasteiger partial charge is 0.455 e. The first-order valence-electron chi connectivity index (χ1n) is 9.69. The van der Waals surface area contributed by atoms with E-state index in [9.17, 15) is 18.8 Å². The number of ether oxygens (including phenoxy) is 1. The molecule has 1 saturated carbocycles. The highest BCUT2D eigenvalue weighted by Crippen LogP contribution is 2.41. The maximum absolute atomic E-state index is 13.6. The van der Waals surface area contributed by atoms with E-state index in [-0.39, 0.29) is 5.56 Å². The number of hydrogen-bond donors (Lipinski definition) is 2. The van der Waals surface area contributed by atoms with Crippen LogP contribution in [0.2, 0.25) is 5.02 Å². The zero-order valence-electron chi connectivity index (χ0n) is 16.3. The van der Waals surface area contributed by atoms with Gasteiger partial charge in [0.2, 0.25) is 0 Å². The quantitative estimate of drug-likeness (QED) is 0.557. The Morgan fingerprint density at radius 1 is 1.00 bits per heavy atom. The third-order valence-electron chi connectivity index (χ3n) is 5.24. The topological polar surface area (TPSA) is 84.5 Å². The third-order valence-corrected chi connectivity index (χ3v) is 5.48. The first-order valence-corrected chi connectivity index (χ1v) is 10.1. The highest BCUT2D eigenvalue weighted by molar-refractivity contribution is 6.30. The molecule has 8 heteroatoms. The number of esters is 1. The van der Waals surface area contributed by atoms with Crippen molar-refractivity contribution in [3.63, 3.8) is 0 Å². The minimum Gasteiger partial charge on any atom is -0.455 e. The molecule has 30 heavy (non-hydrogen) atoms. The van der Waals surface area contributed by atoms with Crippen molar-refractivity contribution in [2.45, 2.75) is 37.5 Å². The summed E-state index contributed by atoms with van der Waals surface area (Å²) in [4.78, 5) is 36.9. The minimum absolute atomic E-state index is 0.211. The Labute approximate surface area is 178 Å². The average molecular weight is 433 g/mol. The molecular weight excluding hydrogens is 411 g/mol. The second-order valence-electron chi connectivity index (χ2n) is 7.21. The van der Waals surface area contributed by atoms with Gasteiger partial charge in [0.1, 0.15) is 5.82 Å². The summed E-state index contributed by atoms with van der Waals surface area (Å²) in [6.07, 6.45) is 3.98. The summed E-state index contributed by atoms with van der Waals surface area (Å²) >= 11 is 6.11. The zero-order valence-corrected chi connectivity index (χ0v) is 17.0. The summed E-state index contributed by atoms with van der Waals surface area (Å²) in [5.74, 6) is -2.75. The molecule has 0 spiro atoms. The van der Waals surface area contributed by atoms with Crippen molar-refractivity contribution in [1.82, 2.24) is 10.9 Å². The first-order chi connectivity index (χ1) is 14.4. The molecule has 6 nitrogen and oxygen atoms in total. The van der Waals surface area contributed by atoms with Crippen LogP contribution < -0.4 is 10.9 Å². The summed E-state index contributed by atoms with van der Waals surface area (Å²) in [6.45, 7) is -0.571. The number of rotatable bonds is 5. The number of amides is 2. The molecule has 2 N–H and O–H groups in total. The van der Waals surface area contributed by atoms with E-state index in [1.54, 1.807) is 18.2 Å². The summed E-state index contributed by atoms with van der Waals surface area (Å²) in [5, 5.41) is 0.527. The fraction of sp³-hybridized carbons (Fsp3) is 0.318. The van der Waals surface area contributed by atoms with Gasteiger partial charge in [-0.3, -0.25) is 25.2 Å². The van der Waals surface area contributed by atoms with Crippen molar-refractivity contribution in [1.29, 1.82) is 0 Å². The van der Waals surface area contributed by atoms with Gasteiger partial charge in [-0.1, -0.05) is 55.1 Å². The first kappa shape index (κ1) is 21.8. The summed E-state index contributed by atoms with van der Waals surface area (Å²) in [5.41, 5.74) is 3.94. The summed E-state index contributed by atoms with van der Waals surface area (Å²) < 4.78 is 18.9. The van der Waals surface area contributed by atoms with Crippen molar-refractivity contribution in [2.24, 2.45) is 0 Å². The van der Waals surface area contributed by atoms with E-state index in [0.717, 1.165) is 30.9 Å². The van der Waals surface area contributed by atoms with Gasteiger partial charge in [-0.15, -0.1) is 0 Å². The Morgan fingerprint density at radius 3 is 2.43 bits per heavy atom. The normalized spacial score (nSPS) is 15.1. The van der Waals surface area contributed by atoms with Crippen LogP contribution in [-0.2, 0) is 19.7 Å². The SMILES string of the molecule is O=C(COC(=O)C1(c2cccc(Cl)c2)CCCCC1)NNC(=O)c1ccccc1F. The van der Waals surface area contributed by atoms with Crippen LogP contribution in [0.25, 0.3) is 0 Å². The predicted octanol–water partition coefficient (Wildman–Crippen LogP) is 3.69. The molecule has 0 atom stereocenters. The van der Waals surface area contributed by atoms with Crippen molar-refractivity contribution in [3.8, 4) is 0 Å². The highest BCUT2D eigenvalue weighted by Gasteiger charge is 2.43. The number of nitrogens with one attached hydrogen (secondary N) is 2. The van der Waals surface area contributed by atoms with Gasteiger partial charge in [0.05, 0.1) is 11.0 Å². The van der Waals surface area contributed by atoms with Gasteiger partial charge in [0.25, 0.3) is 11.8 Å². The fourth-order valence-corrected chi connectivity index (χ4v) is 3.89. The van der Waals surface area contributed by atoms with E-state index >= 15 is 0 Å². The number of benzene rings is 2. The molecule has 2 amide bonds. The maximum Gasteiger partial charge on any atom is 0.317 e. The molecule has 0 heterocycles. The van der Waals surface area contributed by atoms with Crippen LogP contribution >= 0.6 is 11.6 Å². The van der Waals surface area contributed by atoms with Gasteiger partial charge in [-0.05, 0) is 42.7 Å². The molecule has 1 aliphatic rings. The van der Waals surface area contributed by atoms with E-state index in [0.29, 0.717) is 17.9 Å². The van der Waals surface area contributed by atoms with E-state index in [1.165, 1.54) is 18.2 Å². The van der Waals surface area contributed by atoms with Crippen LogP contribution in [0.3, 0.4) is 0 Å². The van der Waals surface area contributed by atoms with Gasteiger partial charge < -0.3 is 4.74 Å². The van der Waals surface area contributed by atoms with E-state index in [4.69, 9.17) is 16.3 Å². The molecule has 1 aliphatic carbocycles. The lowest BCUT2D eigenvalue weighted by Crippen LogP contribution is -2.45. The molecule has 0 unspecified atom stereocenters. The second-order valence-corrected chi connectivity index (χ2v) is 7.65. The molecule has 0 aliphatic heterocycles. The number of halogens is 2. The van der Waals surface area contributed by atoms with Crippen LogP contribution in [0.1, 0.15) is 48.0 Å². The monoisotopic (exact) mass is 432 g/mol. The van der Waals surface area contributed by atoms with Crippen molar-refractivity contribution in [2.75, 3.05) is 6.61 Å². The Morgan fingerprint density at radius 2 is 1.73 bits per heavy atom. The molecular formula is C22H22ClFN2O4. The van der Waals surface area contributed by atoms with Crippen molar-refractivity contribution >= 4 is 29.4 Å². The van der Waals surface area contributed by atoms with Gasteiger partial charge in [0, 0.05) is 5.02 Å². The van der Waals surface area contributed by atoms with Crippen molar-refractivity contribution < 1.29 is 23.5 Å². The van der Waals surface area contributed by atoms with E-state index in [1.807, 2.05) is 6.07 Å². The van der Waals surface area contributed by atoms with E-state index in [2.05, 4.69) is 10.9 Å². The van der Waals surface area contributed by atoms with Crippen LogP contribution in [-0.4, -0.2) is 24.4 Å². The molecule has 0 aromatic heterocycles. The Kier molecular flexibility index (Phi) is 7.05. The summed E-state index contributed by atoms with van der Waals surface area (Å²) in [6, 6.07) is 12.5. The molecule has 0 bridgehead atoms. The zero-order chi connectivity index (χ0) is 21.6. The molecule has 1 fully saturated rings. The lowest BCUT2D eigenvalue weighted by Gasteiger charge is -2.35. The van der Waals surface area contributed by atoms with Crippen LogP contribution in [0.4, 0.5) is 4.39 Å². The fourth-order valence-electron chi connectivity index (χ4n) is 3.70. The maximum atomic E-state index is 13.6. The molecule has 0 radical (unpaired) electrons. The number of carbonyl (C=O) groups excluding carboxylic acids is 3. The van der Waals surface area contributed by atoms with Gasteiger partial charge >= 0.3 is 5.97 Å². The Bertz CT molecular complexity index is 944. The standard InChI is InChI=1S/C22H22ClFN2O4/c23-16-8-6-7-15(13-16)22(11-4-1-5-12-22)21(29)30-14-19(27)25-26-20(28)17-9-2-3-10-18(17)24/h2-3,6-10,13H,1,4-5,11-12,14H2,(H,25,27)(H,26,28). The smallest absolute Gasteiger partial charge is 0.317 e. The average Bonchev–Trinajstić information content (AvgIpc) is 2.76. The van der Waals surface area contributed by atoms with Crippen LogP contribution in [0, 0.1) is 5.82 Å². The summed E-state index contributed by atoms with van der Waals surface area (Å²) in [7, 11) is 0. The molecule has 2 aromatic carbocycles. The van der Waals surface area contributed by atoms with Crippen LogP contribution in [0.5, 0.6) is 0 Å². The number of hydrazine groups is 1. The van der Waals surface area contributed by atoms with Crippen molar-refractivity contribution in [3.05, 3.63) is 70.5 Å². The Hall–Kier alpha value is -2.93. The molecule has 0 saturated heterocycles. The minimum atomic E-state index is -0.847. The van der Waals surface area contributed by atoms with E-state index < -0.39 is 35.6 Å². The predicted molar refractivity (Wildman–Crippen MR) is 109 cm³/mol. The molecule has 3 rings (SSSR count). The second kappa shape index (κ2) is 9.71. The molecule has 158 valence electrons. The van der Waals surface area contributed by atoms with Gasteiger partial charge in [0.15, 0.2) is 6.61 Å². The van der Waals surface area contributed by atoms with Crippen LogP contribution in [0.15, 0.2) is 48.5 Å². The Balaban J connectivity index is 1.59. The number of hydrogen-bond acceptors (Lipinski definition) is 4. The highest BCUT2D eigenvalue weighted by atomic mass is 35.5. The van der Waals surface area contributed by atoms with Gasteiger partial charge in [-0.2, -0.15) is 0 Å². The lowest BCUT2D eigenvalue weighted by molar-refractivity contribution is -0.156. The lowest BCUT2D eigenvalue weighted by atomic mass is 9.69. The number of carbonyl (C=O) groups is 3. The van der Waals surface area contributed by atoms with Gasteiger partial charge in [-0.25, -0.2) is 4.39 Å².